The summed E-state index contributed by atoms with van der Waals surface area (Å²) in [6, 6.07) is 9.34. The molecule has 3 rings (SSSR count). The smallest absolute Gasteiger partial charge is 0.264 e. The monoisotopic (exact) mass is 468 g/mol. The van der Waals surface area contributed by atoms with Gasteiger partial charge in [-0.15, -0.1) is 0 Å². The Morgan fingerprint density at radius 3 is 2.59 bits per heavy atom. The molecule has 3 unspecified atom stereocenters. The molecule has 2 N–H and O–H groups in total. The highest BCUT2D eigenvalue weighted by molar-refractivity contribution is 7.92. The standard InChI is InChI=1S/C22H29FN2O6S/c1-20(23)14-22(30-3,11-10-17(20)15-8-6-5-7-9-15)18-12-16(31-25-18)13-21(2,19(26)24-27)32(4,28)29/h5-11,16-17,27H,12-14H2,1-4H3,(H,24,26)/t16-,17?,20?,21-,22?/m1/s1. The molecule has 0 radical (unpaired) electrons. The number of halogens is 1. The molecule has 0 spiro atoms. The van der Waals surface area contributed by atoms with Crippen molar-refractivity contribution >= 4 is 21.5 Å². The highest BCUT2D eigenvalue weighted by atomic mass is 32.2. The molecule has 1 aromatic rings. The third kappa shape index (κ3) is 4.31. The first-order valence-electron chi connectivity index (χ1n) is 10.2. The van der Waals surface area contributed by atoms with E-state index in [1.54, 1.807) is 12.2 Å². The summed E-state index contributed by atoms with van der Waals surface area (Å²) >= 11 is 0. The Morgan fingerprint density at radius 2 is 2.06 bits per heavy atom. The van der Waals surface area contributed by atoms with E-state index in [-0.39, 0.29) is 19.3 Å². The third-order valence-electron chi connectivity index (χ3n) is 6.58. The summed E-state index contributed by atoms with van der Waals surface area (Å²) in [6.07, 6.45) is 3.58. The number of allylic oxidation sites excluding steroid dienone is 1. The van der Waals surface area contributed by atoms with Crippen molar-refractivity contribution in [1.82, 2.24) is 5.48 Å². The van der Waals surface area contributed by atoms with Crippen LogP contribution in [0.3, 0.4) is 0 Å². The van der Waals surface area contributed by atoms with Crippen molar-refractivity contribution in [2.75, 3.05) is 13.4 Å². The Hall–Kier alpha value is -2.30. The molecule has 8 nitrogen and oxygen atoms in total. The van der Waals surface area contributed by atoms with Gasteiger partial charge in [-0.25, -0.2) is 18.3 Å². The molecule has 1 aliphatic carbocycles. The van der Waals surface area contributed by atoms with Gasteiger partial charge in [-0.1, -0.05) is 47.6 Å². The Morgan fingerprint density at radius 1 is 1.41 bits per heavy atom. The van der Waals surface area contributed by atoms with E-state index in [2.05, 4.69) is 5.16 Å². The molecule has 10 heteroatoms. The molecule has 0 saturated heterocycles. The van der Waals surface area contributed by atoms with Gasteiger partial charge in [0.2, 0.25) is 0 Å². The molecule has 5 atom stereocenters. The van der Waals surface area contributed by atoms with Crippen LogP contribution in [0.5, 0.6) is 0 Å². The van der Waals surface area contributed by atoms with E-state index < -0.39 is 43.8 Å². The number of alkyl halides is 1. The Bertz CT molecular complexity index is 1030. The summed E-state index contributed by atoms with van der Waals surface area (Å²) in [5.41, 5.74) is -0.136. The topological polar surface area (TPSA) is 114 Å². The number of rotatable bonds is 7. The van der Waals surface area contributed by atoms with E-state index >= 15 is 4.39 Å². The van der Waals surface area contributed by atoms with Gasteiger partial charge in [0.15, 0.2) is 14.6 Å². The van der Waals surface area contributed by atoms with E-state index in [0.717, 1.165) is 11.8 Å². The number of ether oxygens (including phenoxy) is 1. The summed E-state index contributed by atoms with van der Waals surface area (Å²) < 4.78 is 44.1. The first-order chi connectivity index (χ1) is 14.9. The fraction of sp³-hybridized carbons (Fsp3) is 0.545. The molecule has 0 saturated carbocycles. The molecule has 1 aliphatic heterocycles. The second kappa shape index (κ2) is 8.57. The molecular weight excluding hydrogens is 439 g/mol. The molecular formula is C22H29FN2O6S. The number of methoxy groups -OCH3 is 1. The maximum absolute atomic E-state index is 15.8. The molecule has 1 amide bonds. The molecule has 0 aromatic heterocycles. The Balaban J connectivity index is 1.83. The lowest BCUT2D eigenvalue weighted by Crippen LogP contribution is -2.51. The average molecular weight is 469 g/mol. The Labute approximate surface area is 187 Å². The van der Waals surface area contributed by atoms with Crippen LogP contribution in [0.15, 0.2) is 47.6 Å². The van der Waals surface area contributed by atoms with Crippen molar-refractivity contribution < 1.29 is 32.4 Å². The summed E-state index contributed by atoms with van der Waals surface area (Å²) in [7, 11) is -2.43. The average Bonchev–Trinajstić information content (AvgIpc) is 3.21. The molecule has 1 aromatic carbocycles. The first-order valence-corrected chi connectivity index (χ1v) is 12.1. The molecule has 1 heterocycles. The van der Waals surface area contributed by atoms with Crippen LogP contribution in [0.1, 0.15) is 44.6 Å². The number of carbonyl (C=O) groups excluding carboxylic acids is 1. The van der Waals surface area contributed by atoms with Gasteiger partial charge in [0.25, 0.3) is 5.91 Å². The zero-order valence-corrected chi connectivity index (χ0v) is 19.4. The largest absolute Gasteiger partial charge is 0.392 e. The van der Waals surface area contributed by atoms with Crippen molar-refractivity contribution in [2.45, 2.75) is 61.1 Å². The Kier molecular flexibility index (Phi) is 6.52. The number of amides is 1. The van der Waals surface area contributed by atoms with Crippen molar-refractivity contribution in [1.29, 1.82) is 0 Å². The minimum atomic E-state index is -3.89. The highest BCUT2D eigenvalue weighted by Gasteiger charge is 2.52. The van der Waals surface area contributed by atoms with Crippen LogP contribution >= 0.6 is 0 Å². The number of nitrogens with one attached hydrogen (secondary N) is 1. The summed E-state index contributed by atoms with van der Waals surface area (Å²) in [6.45, 7) is 2.73. The lowest BCUT2D eigenvalue weighted by atomic mass is 9.70. The highest BCUT2D eigenvalue weighted by Crippen LogP contribution is 2.46. The van der Waals surface area contributed by atoms with Crippen LogP contribution in [0, 0.1) is 0 Å². The zero-order chi connectivity index (χ0) is 23.8. The summed E-state index contributed by atoms with van der Waals surface area (Å²) in [4.78, 5) is 17.5. The maximum Gasteiger partial charge on any atom is 0.264 e. The number of carbonyl (C=O) groups is 1. The maximum atomic E-state index is 15.8. The van der Waals surface area contributed by atoms with Crippen molar-refractivity contribution in [2.24, 2.45) is 5.16 Å². The van der Waals surface area contributed by atoms with Gasteiger partial charge < -0.3 is 9.57 Å². The lowest BCUT2D eigenvalue weighted by molar-refractivity contribution is -0.132. The van der Waals surface area contributed by atoms with E-state index in [1.165, 1.54) is 26.4 Å². The van der Waals surface area contributed by atoms with E-state index in [9.17, 15) is 13.2 Å². The number of benzene rings is 1. The van der Waals surface area contributed by atoms with E-state index in [0.29, 0.717) is 5.71 Å². The normalized spacial score (nSPS) is 32.0. The third-order valence-corrected chi connectivity index (χ3v) is 8.57. The van der Waals surface area contributed by atoms with Crippen molar-refractivity contribution in [3.05, 3.63) is 48.0 Å². The van der Waals surface area contributed by atoms with Gasteiger partial charge in [0.1, 0.15) is 17.4 Å². The number of hydrogen-bond acceptors (Lipinski definition) is 7. The van der Waals surface area contributed by atoms with Crippen LogP contribution in [0.2, 0.25) is 0 Å². The van der Waals surface area contributed by atoms with Gasteiger partial charge in [-0.3, -0.25) is 10.0 Å². The predicted molar refractivity (Wildman–Crippen MR) is 117 cm³/mol. The van der Waals surface area contributed by atoms with E-state index in [4.69, 9.17) is 14.8 Å². The minimum Gasteiger partial charge on any atom is -0.392 e. The van der Waals surface area contributed by atoms with Crippen molar-refractivity contribution in [3.63, 3.8) is 0 Å². The number of oxime groups is 1. The van der Waals surface area contributed by atoms with Crippen LogP contribution in [0.4, 0.5) is 4.39 Å². The number of nitrogens with zero attached hydrogens (tertiary/aromatic N) is 1. The summed E-state index contributed by atoms with van der Waals surface area (Å²) in [5.74, 6) is -1.52. The second-order valence-corrected chi connectivity index (χ2v) is 11.4. The van der Waals surface area contributed by atoms with E-state index in [1.807, 2.05) is 30.3 Å². The summed E-state index contributed by atoms with van der Waals surface area (Å²) in [5, 5.41) is 13.1. The molecule has 0 fully saturated rings. The SMILES string of the molecule is COC1(C2=NO[C@@H](C[C@](C)(C(=O)NO)S(C)(=O)=O)C2)C=CC(c2ccccc2)C(C)(F)C1. The van der Waals surface area contributed by atoms with Gasteiger partial charge in [-0.05, 0) is 19.4 Å². The molecule has 2 aliphatic rings. The molecule has 0 bridgehead atoms. The number of hydrogen-bond donors (Lipinski definition) is 2. The van der Waals surface area contributed by atoms with Gasteiger partial charge in [0.05, 0.1) is 5.71 Å². The van der Waals surface area contributed by atoms with Crippen molar-refractivity contribution in [3.8, 4) is 0 Å². The quantitative estimate of drug-likeness (QED) is 0.361. The molecule has 176 valence electrons. The van der Waals surface area contributed by atoms with Crippen LogP contribution in [-0.4, -0.2) is 60.7 Å². The second-order valence-electron chi connectivity index (χ2n) is 8.91. The zero-order valence-electron chi connectivity index (χ0n) is 18.5. The van der Waals surface area contributed by atoms with Crippen LogP contribution in [0.25, 0.3) is 0 Å². The molecule has 32 heavy (non-hydrogen) atoms. The number of sulfone groups is 1. The fourth-order valence-corrected chi connectivity index (χ4v) is 5.33. The number of hydroxylamine groups is 1. The van der Waals surface area contributed by atoms with Crippen LogP contribution < -0.4 is 5.48 Å². The van der Waals surface area contributed by atoms with Gasteiger partial charge >= 0.3 is 0 Å². The lowest BCUT2D eigenvalue weighted by Gasteiger charge is -2.42. The predicted octanol–water partition coefficient (Wildman–Crippen LogP) is 2.69. The van der Waals surface area contributed by atoms with Gasteiger partial charge in [0, 0.05) is 38.5 Å². The van der Waals surface area contributed by atoms with Crippen LogP contribution in [-0.2, 0) is 24.2 Å². The van der Waals surface area contributed by atoms with Gasteiger partial charge in [-0.2, -0.15) is 0 Å². The minimum absolute atomic E-state index is 0.0120. The first kappa shape index (κ1) is 24.3. The fourth-order valence-electron chi connectivity index (χ4n) is 4.46.